The molecule has 1 unspecified atom stereocenters. The lowest BCUT2D eigenvalue weighted by Crippen LogP contribution is -2.03. The molecule has 3 heteroatoms. The van der Waals surface area contributed by atoms with Crippen LogP contribution in [0.4, 0.5) is 0 Å². The molecule has 0 aromatic heterocycles. The van der Waals surface area contributed by atoms with Gasteiger partial charge in [-0.25, -0.2) is 4.79 Å². The van der Waals surface area contributed by atoms with E-state index in [-0.39, 0.29) is 5.97 Å². The smallest absolute Gasteiger partial charge is 0.337 e. The number of benzene rings is 2. The Morgan fingerprint density at radius 2 is 1.86 bits per heavy atom. The molecule has 0 amide bonds. The van der Waals surface area contributed by atoms with Crippen LogP contribution >= 0.6 is 0 Å². The molecule has 3 nitrogen and oxygen atoms in total. The van der Waals surface area contributed by atoms with E-state index in [0.29, 0.717) is 11.6 Å². The lowest BCUT2D eigenvalue weighted by atomic mass is 10.1. The van der Waals surface area contributed by atoms with Gasteiger partial charge in [0.1, 0.15) is 0 Å². The van der Waals surface area contributed by atoms with Gasteiger partial charge in [0, 0.05) is 12.6 Å². The van der Waals surface area contributed by atoms with E-state index in [0.717, 1.165) is 19.4 Å². The number of aryl methyl sites for hydroxylation is 1. The molecular weight excluding hydrogens is 274 g/mol. The van der Waals surface area contributed by atoms with Gasteiger partial charge >= 0.3 is 5.97 Å². The monoisotopic (exact) mass is 295 g/mol. The second kappa shape index (κ2) is 6.75. The fraction of sp³-hybridized carbons (Fsp3) is 0.316. The minimum atomic E-state index is -0.277. The van der Waals surface area contributed by atoms with E-state index in [4.69, 9.17) is 4.74 Å². The van der Waals surface area contributed by atoms with Gasteiger partial charge in [0.25, 0.3) is 0 Å². The average molecular weight is 295 g/mol. The third kappa shape index (κ3) is 3.55. The fourth-order valence-electron chi connectivity index (χ4n) is 2.83. The van der Waals surface area contributed by atoms with Gasteiger partial charge in [-0.2, -0.15) is 0 Å². The second-order valence-corrected chi connectivity index (χ2v) is 5.71. The summed E-state index contributed by atoms with van der Waals surface area (Å²) < 4.78 is 4.71. The summed E-state index contributed by atoms with van der Waals surface area (Å²) in [5, 5.41) is 0. The normalized spacial score (nSPS) is 19.7. The van der Waals surface area contributed by atoms with Crippen molar-refractivity contribution in [3.63, 3.8) is 0 Å². The van der Waals surface area contributed by atoms with Crippen LogP contribution in [0, 0.1) is 0 Å². The molecule has 0 bridgehead atoms. The Balaban J connectivity index is 1.44. The van der Waals surface area contributed by atoms with Crippen molar-refractivity contribution in [2.75, 3.05) is 20.2 Å². The summed E-state index contributed by atoms with van der Waals surface area (Å²) in [6.45, 7) is 2.30. The molecule has 2 atom stereocenters. The highest BCUT2D eigenvalue weighted by molar-refractivity contribution is 5.89. The highest BCUT2D eigenvalue weighted by Crippen LogP contribution is 2.34. The van der Waals surface area contributed by atoms with Crippen molar-refractivity contribution >= 4 is 5.97 Å². The van der Waals surface area contributed by atoms with E-state index in [2.05, 4.69) is 35.2 Å². The zero-order valence-electron chi connectivity index (χ0n) is 12.9. The van der Waals surface area contributed by atoms with Crippen LogP contribution in [-0.4, -0.2) is 31.1 Å². The Bertz CT molecular complexity index is 622. The summed E-state index contributed by atoms with van der Waals surface area (Å²) >= 11 is 0. The number of hydrogen-bond acceptors (Lipinski definition) is 3. The highest BCUT2D eigenvalue weighted by atomic mass is 16.5. The lowest BCUT2D eigenvalue weighted by molar-refractivity contribution is 0.0600. The molecule has 0 spiro atoms. The molecular formula is C19H21NO2. The first-order valence-corrected chi connectivity index (χ1v) is 7.74. The molecule has 0 aliphatic carbocycles. The topological polar surface area (TPSA) is 29.3 Å². The van der Waals surface area contributed by atoms with E-state index in [1.165, 1.54) is 24.8 Å². The van der Waals surface area contributed by atoms with Crippen LogP contribution in [0.15, 0.2) is 54.6 Å². The van der Waals surface area contributed by atoms with Gasteiger partial charge in [-0.15, -0.1) is 0 Å². The van der Waals surface area contributed by atoms with Gasteiger partial charge in [0.05, 0.1) is 12.7 Å². The van der Waals surface area contributed by atoms with Gasteiger partial charge in [0.15, 0.2) is 0 Å². The molecule has 0 N–H and O–H groups in total. The number of esters is 1. The maximum absolute atomic E-state index is 11.4. The highest BCUT2D eigenvalue weighted by Gasteiger charge is 2.34. The van der Waals surface area contributed by atoms with Crippen LogP contribution in [0.2, 0.25) is 0 Å². The van der Waals surface area contributed by atoms with Gasteiger partial charge in [-0.05, 0) is 42.6 Å². The Hall–Kier alpha value is -2.13. The molecule has 0 radical (unpaired) electrons. The van der Waals surface area contributed by atoms with E-state index in [9.17, 15) is 4.79 Å². The summed E-state index contributed by atoms with van der Waals surface area (Å²) in [5.74, 6) is -0.277. The number of ether oxygens (including phenoxy) is 1. The maximum Gasteiger partial charge on any atom is 0.337 e. The summed E-state index contributed by atoms with van der Waals surface area (Å²) in [7, 11) is 1.41. The zero-order valence-corrected chi connectivity index (χ0v) is 12.9. The van der Waals surface area contributed by atoms with Gasteiger partial charge in [-0.3, -0.25) is 4.90 Å². The standard InChI is InChI=1S/C19H21NO2/c1-22-19(21)17-11-9-15(10-12-17)6-5-13-20-14-18(20)16-7-3-2-4-8-16/h2-4,7-12,18H,5-6,13-14H2,1H3/t18?,20-/m0/s1. The molecule has 1 fully saturated rings. The molecule has 3 rings (SSSR count). The Morgan fingerprint density at radius 1 is 1.14 bits per heavy atom. The van der Waals surface area contributed by atoms with E-state index in [1.807, 2.05) is 24.3 Å². The van der Waals surface area contributed by atoms with E-state index in [1.54, 1.807) is 0 Å². The number of methoxy groups -OCH3 is 1. The first-order chi connectivity index (χ1) is 10.8. The van der Waals surface area contributed by atoms with Crippen LogP contribution in [-0.2, 0) is 11.2 Å². The van der Waals surface area contributed by atoms with E-state index < -0.39 is 0 Å². The number of carbonyl (C=O) groups excluding carboxylic acids is 1. The molecule has 0 saturated carbocycles. The predicted octanol–water partition coefficient (Wildman–Crippen LogP) is 3.46. The predicted molar refractivity (Wildman–Crippen MR) is 86.9 cm³/mol. The number of hydrogen-bond donors (Lipinski definition) is 0. The fourth-order valence-corrected chi connectivity index (χ4v) is 2.83. The van der Waals surface area contributed by atoms with Gasteiger partial charge in [-0.1, -0.05) is 42.5 Å². The Kier molecular flexibility index (Phi) is 4.54. The minimum Gasteiger partial charge on any atom is -0.465 e. The third-order valence-corrected chi connectivity index (χ3v) is 4.18. The van der Waals surface area contributed by atoms with Crippen LogP contribution < -0.4 is 0 Å². The van der Waals surface area contributed by atoms with Gasteiger partial charge < -0.3 is 4.74 Å². The number of nitrogens with zero attached hydrogens (tertiary/aromatic N) is 1. The van der Waals surface area contributed by atoms with Crippen LogP contribution in [0.1, 0.15) is 33.9 Å². The van der Waals surface area contributed by atoms with Crippen molar-refractivity contribution in [1.82, 2.24) is 4.90 Å². The molecule has 1 aliphatic heterocycles. The largest absolute Gasteiger partial charge is 0.465 e. The maximum atomic E-state index is 11.4. The molecule has 2 aromatic carbocycles. The zero-order chi connectivity index (χ0) is 15.4. The van der Waals surface area contributed by atoms with Crippen molar-refractivity contribution in [2.24, 2.45) is 0 Å². The van der Waals surface area contributed by atoms with Crippen molar-refractivity contribution in [1.29, 1.82) is 0 Å². The van der Waals surface area contributed by atoms with Crippen LogP contribution in [0.5, 0.6) is 0 Å². The average Bonchev–Trinajstić information content (AvgIpc) is 3.35. The quantitative estimate of drug-likeness (QED) is 0.604. The van der Waals surface area contributed by atoms with E-state index >= 15 is 0 Å². The molecule has 114 valence electrons. The van der Waals surface area contributed by atoms with Crippen molar-refractivity contribution < 1.29 is 9.53 Å². The van der Waals surface area contributed by atoms with Crippen molar-refractivity contribution in [2.45, 2.75) is 18.9 Å². The van der Waals surface area contributed by atoms with Gasteiger partial charge in [0.2, 0.25) is 0 Å². The Morgan fingerprint density at radius 3 is 2.55 bits per heavy atom. The summed E-state index contributed by atoms with van der Waals surface area (Å²) in [4.78, 5) is 13.9. The molecule has 1 aliphatic rings. The molecule has 1 saturated heterocycles. The first kappa shape index (κ1) is 14.8. The van der Waals surface area contributed by atoms with Crippen molar-refractivity contribution in [3.05, 3.63) is 71.3 Å². The summed E-state index contributed by atoms with van der Waals surface area (Å²) in [5.41, 5.74) is 3.30. The van der Waals surface area contributed by atoms with Crippen molar-refractivity contribution in [3.8, 4) is 0 Å². The van der Waals surface area contributed by atoms with Crippen LogP contribution in [0.25, 0.3) is 0 Å². The third-order valence-electron chi connectivity index (χ3n) is 4.18. The minimum absolute atomic E-state index is 0.277. The molecule has 2 aromatic rings. The number of carbonyl (C=O) groups is 1. The summed E-state index contributed by atoms with van der Waals surface area (Å²) in [6.07, 6.45) is 2.18. The SMILES string of the molecule is COC(=O)c1ccc(CCC[N@@]2CC2c2ccccc2)cc1. The molecule has 1 heterocycles. The Labute approximate surface area is 131 Å². The number of rotatable bonds is 6. The first-order valence-electron chi connectivity index (χ1n) is 7.74. The lowest BCUT2D eigenvalue weighted by Gasteiger charge is -2.05. The van der Waals surface area contributed by atoms with Crippen LogP contribution in [0.3, 0.4) is 0 Å². The second-order valence-electron chi connectivity index (χ2n) is 5.71. The molecule has 22 heavy (non-hydrogen) atoms. The summed E-state index contributed by atoms with van der Waals surface area (Å²) in [6, 6.07) is 19.0.